The van der Waals surface area contributed by atoms with E-state index in [2.05, 4.69) is 15.5 Å². The Morgan fingerprint density at radius 2 is 2.29 bits per heavy atom. The molecule has 144 valence electrons. The van der Waals surface area contributed by atoms with Gasteiger partial charge >= 0.3 is 0 Å². The molecule has 0 saturated heterocycles. The molecule has 1 amide bonds. The molecule has 28 heavy (non-hydrogen) atoms. The SMILES string of the molecule is COc1cccc(-c2cc(CNC(=O)CC3CSc4nccc(=O)n43)no2)c1. The van der Waals surface area contributed by atoms with E-state index >= 15 is 0 Å². The molecule has 0 aliphatic carbocycles. The zero-order valence-electron chi connectivity index (χ0n) is 15.1. The number of nitrogens with zero attached hydrogens (tertiary/aromatic N) is 3. The third-order valence-corrected chi connectivity index (χ3v) is 5.53. The topological polar surface area (TPSA) is 99.2 Å². The lowest BCUT2D eigenvalue weighted by Crippen LogP contribution is -2.30. The van der Waals surface area contributed by atoms with Crippen LogP contribution in [0.5, 0.6) is 5.75 Å². The molecule has 0 fully saturated rings. The summed E-state index contributed by atoms with van der Waals surface area (Å²) < 4.78 is 12.2. The van der Waals surface area contributed by atoms with Crippen molar-refractivity contribution in [3.8, 4) is 17.1 Å². The highest BCUT2D eigenvalue weighted by Crippen LogP contribution is 2.31. The Labute approximate surface area is 164 Å². The van der Waals surface area contributed by atoms with Crippen molar-refractivity contribution in [3.63, 3.8) is 0 Å². The molecule has 1 aromatic carbocycles. The predicted octanol–water partition coefficient (Wildman–Crippen LogP) is 2.26. The third-order valence-electron chi connectivity index (χ3n) is 4.42. The van der Waals surface area contributed by atoms with Gasteiger partial charge in [-0.3, -0.25) is 14.2 Å². The van der Waals surface area contributed by atoms with Crippen molar-refractivity contribution in [2.75, 3.05) is 12.9 Å². The van der Waals surface area contributed by atoms with Crippen LogP contribution in [0, 0.1) is 0 Å². The number of nitrogens with one attached hydrogen (secondary N) is 1. The van der Waals surface area contributed by atoms with Crippen molar-refractivity contribution in [1.82, 2.24) is 20.0 Å². The molecule has 0 bridgehead atoms. The van der Waals surface area contributed by atoms with Crippen LogP contribution < -0.4 is 15.6 Å². The van der Waals surface area contributed by atoms with E-state index < -0.39 is 0 Å². The Kier molecular flexibility index (Phi) is 5.16. The molecule has 1 aliphatic heterocycles. The van der Waals surface area contributed by atoms with Crippen LogP contribution in [-0.2, 0) is 11.3 Å². The first-order valence-corrected chi connectivity index (χ1v) is 9.69. The Morgan fingerprint density at radius 1 is 1.39 bits per heavy atom. The number of ether oxygens (including phenoxy) is 1. The van der Waals surface area contributed by atoms with E-state index in [0.29, 0.717) is 22.4 Å². The first kappa shape index (κ1) is 18.3. The number of rotatable bonds is 6. The Hall–Kier alpha value is -3.07. The molecule has 0 saturated carbocycles. The lowest BCUT2D eigenvalue weighted by molar-refractivity contribution is -0.121. The molecule has 2 aromatic heterocycles. The molecule has 1 aliphatic rings. The minimum Gasteiger partial charge on any atom is -0.497 e. The summed E-state index contributed by atoms with van der Waals surface area (Å²) >= 11 is 1.48. The van der Waals surface area contributed by atoms with Crippen molar-refractivity contribution >= 4 is 17.7 Å². The van der Waals surface area contributed by atoms with E-state index in [0.717, 1.165) is 11.3 Å². The summed E-state index contributed by atoms with van der Waals surface area (Å²) in [7, 11) is 1.60. The molecule has 8 nitrogen and oxygen atoms in total. The highest BCUT2D eigenvalue weighted by molar-refractivity contribution is 7.99. The number of carbonyl (C=O) groups is 1. The van der Waals surface area contributed by atoms with E-state index in [4.69, 9.17) is 9.26 Å². The maximum atomic E-state index is 12.3. The molecular formula is C19H18N4O4S. The van der Waals surface area contributed by atoms with E-state index in [1.807, 2.05) is 24.3 Å². The highest BCUT2D eigenvalue weighted by Gasteiger charge is 2.26. The fourth-order valence-electron chi connectivity index (χ4n) is 3.02. The van der Waals surface area contributed by atoms with Crippen molar-refractivity contribution in [3.05, 3.63) is 58.6 Å². The van der Waals surface area contributed by atoms with Crippen molar-refractivity contribution in [2.24, 2.45) is 0 Å². The summed E-state index contributed by atoms with van der Waals surface area (Å²) in [4.78, 5) is 28.5. The number of methoxy groups -OCH3 is 1. The fraction of sp³-hybridized carbons (Fsp3) is 0.263. The maximum Gasteiger partial charge on any atom is 0.254 e. The second-order valence-electron chi connectivity index (χ2n) is 6.30. The number of benzene rings is 1. The Balaban J connectivity index is 1.36. The standard InChI is InChI=1S/C19H18N4O4S/c1-26-15-4-2-3-12(7-15)16-8-13(22-27-16)10-21-17(24)9-14-11-28-19-20-6-5-18(25)23(14)19/h2-8,14H,9-11H2,1H3,(H,21,24). The van der Waals surface area contributed by atoms with Crippen LogP contribution in [0.3, 0.4) is 0 Å². The van der Waals surface area contributed by atoms with Gasteiger partial charge in [0.15, 0.2) is 10.9 Å². The molecular weight excluding hydrogens is 380 g/mol. The second-order valence-corrected chi connectivity index (χ2v) is 7.28. The van der Waals surface area contributed by atoms with Crippen LogP contribution in [0.2, 0.25) is 0 Å². The maximum absolute atomic E-state index is 12.3. The number of fused-ring (bicyclic) bond motifs is 1. The fourth-order valence-corrected chi connectivity index (χ4v) is 4.14. The first-order valence-electron chi connectivity index (χ1n) is 8.71. The molecule has 0 radical (unpaired) electrons. The van der Waals surface area contributed by atoms with Gasteiger partial charge in [-0.1, -0.05) is 29.1 Å². The van der Waals surface area contributed by atoms with Gasteiger partial charge in [0.05, 0.1) is 19.7 Å². The quantitative estimate of drug-likeness (QED) is 0.636. The summed E-state index contributed by atoms with van der Waals surface area (Å²) in [6.07, 6.45) is 1.71. The first-order chi connectivity index (χ1) is 13.6. The average molecular weight is 398 g/mol. The summed E-state index contributed by atoms with van der Waals surface area (Å²) in [6.45, 7) is 0.251. The molecule has 1 unspecified atom stereocenters. The third kappa shape index (κ3) is 3.79. The lowest BCUT2D eigenvalue weighted by atomic mass is 10.1. The monoisotopic (exact) mass is 398 g/mol. The van der Waals surface area contributed by atoms with Gasteiger partial charge in [0.25, 0.3) is 5.56 Å². The highest BCUT2D eigenvalue weighted by atomic mass is 32.2. The van der Waals surface area contributed by atoms with Crippen molar-refractivity contribution in [2.45, 2.75) is 24.2 Å². The van der Waals surface area contributed by atoms with Gasteiger partial charge in [0.2, 0.25) is 5.91 Å². The summed E-state index contributed by atoms with van der Waals surface area (Å²) in [6, 6.07) is 10.5. The lowest BCUT2D eigenvalue weighted by Gasteiger charge is -2.12. The molecule has 0 spiro atoms. The normalized spacial score (nSPS) is 15.2. The zero-order chi connectivity index (χ0) is 19.5. The van der Waals surface area contributed by atoms with Crippen LogP contribution in [0.1, 0.15) is 18.2 Å². The number of hydrogen-bond acceptors (Lipinski definition) is 7. The smallest absolute Gasteiger partial charge is 0.254 e. The Morgan fingerprint density at radius 3 is 3.14 bits per heavy atom. The largest absolute Gasteiger partial charge is 0.497 e. The number of amides is 1. The van der Waals surface area contributed by atoms with Gasteiger partial charge in [-0.2, -0.15) is 0 Å². The van der Waals surface area contributed by atoms with E-state index in [1.165, 1.54) is 24.0 Å². The van der Waals surface area contributed by atoms with Gasteiger partial charge in [-0.15, -0.1) is 0 Å². The number of carbonyl (C=O) groups excluding carboxylic acids is 1. The molecule has 3 aromatic rings. The minimum absolute atomic E-state index is 0.132. The van der Waals surface area contributed by atoms with Gasteiger partial charge in [-0.25, -0.2) is 4.98 Å². The van der Waals surface area contributed by atoms with Gasteiger partial charge < -0.3 is 14.6 Å². The second kappa shape index (κ2) is 7.89. The zero-order valence-corrected chi connectivity index (χ0v) is 15.9. The van der Waals surface area contributed by atoms with Crippen LogP contribution in [-0.4, -0.2) is 33.5 Å². The van der Waals surface area contributed by atoms with Crippen molar-refractivity contribution in [1.29, 1.82) is 0 Å². The van der Waals surface area contributed by atoms with Crippen LogP contribution >= 0.6 is 11.8 Å². The number of aromatic nitrogens is 3. The van der Waals surface area contributed by atoms with Gasteiger partial charge in [0, 0.05) is 36.1 Å². The van der Waals surface area contributed by atoms with Crippen LogP contribution in [0.4, 0.5) is 0 Å². The molecule has 4 rings (SSSR count). The predicted molar refractivity (Wildman–Crippen MR) is 103 cm³/mol. The Bertz CT molecular complexity index is 1060. The molecule has 9 heteroatoms. The van der Waals surface area contributed by atoms with Gasteiger partial charge in [-0.05, 0) is 12.1 Å². The molecule has 1 atom stereocenters. The number of thioether (sulfide) groups is 1. The van der Waals surface area contributed by atoms with Crippen molar-refractivity contribution < 1.29 is 14.1 Å². The minimum atomic E-state index is -0.189. The van der Waals surface area contributed by atoms with Crippen LogP contribution in [0.25, 0.3) is 11.3 Å². The molecule has 3 heterocycles. The summed E-state index contributed by atoms with van der Waals surface area (Å²) in [5.74, 6) is 1.83. The van der Waals surface area contributed by atoms with E-state index in [1.54, 1.807) is 17.7 Å². The summed E-state index contributed by atoms with van der Waals surface area (Å²) in [5.41, 5.74) is 1.33. The average Bonchev–Trinajstić information content (AvgIpc) is 3.35. The van der Waals surface area contributed by atoms with E-state index in [9.17, 15) is 9.59 Å². The number of hydrogen-bond donors (Lipinski definition) is 1. The van der Waals surface area contributed by atoms with E-state index in [-0.39, 0.29) is 30.5 Å². The van der Waals surface area contributed by atoms with Gasteiger partial charge in [0.1, 0.15) is 11.4 Å². The molecule has 1 N–H and O–H groups in total. The summed E-state index contributed by atoms with van der Waals surface area (Å²) in [5, 5.41) is 7.49. The van der Waals surface area contributed by atoms with Crippen LogP contribution in [0.15, 0.2) is 57.1 Å².